The van der Waals surface area contributed by atoms with Gasteiger partial charge < -0.3 is 10.1 Å². The molecule has 0 bridgehead atoms. The molecule has 0 spiro atoms. The average molecular weight is 450 g/mol. The van der Waals surface area contributed by atoms with Crippen molar-refractivity contribution in [3.63, 3.8) is 0 Å². The van der Waals surface area contributed by atoms with Crippen LogP contribution in [-0.4, -0.2) is 52.5 Å². The first-order valence-electron chi connectivity index (χ1n) is 9.60. The summed E-state index contributed by atoms with van der Waals surface area (Å²) in [6, 6.07) is 6.50. The Morgan fingerprint density at radius 2 is 2.10 bits per heavy atom. The van der Waals surface area contributed by atoms with Gasteiger partial charge in [0.05, 0.1) is 33.5 Å². The predicted octanol–water partition coefficient (Wildman–Crippen LogP) is 4.02. The van der Waals surface area contributed by atoms with Gasteiger partial charge in [-0.15, -0.1) is 0 Å². The Bertz CT molecular complexity index is 1090. The molecule has 1 saturated heterocycles. The molecule has 3 heterocycles. The minimum absolute atomic E-state index is 0.110. The first-order valence-corrected chi connectivity index (χ1v) is 10.4. The number of methoxy groups -OCH3 is 1. The molecule has 8 nitrogen and oxygen atoms in total. The van der Waals surface area contributed by atoms with E-state index >= 15 is 0 Å². The van der Waals surface area contributed by atoms with E-state index in [1.807, 2.05) is 4.40 Å². The van der Waals surface area contributed by atoms with Gasteiger partial charge in [0.25, 0.3) is 0 Å². The molecule has 1 aliphatic rings. The number of aromatic nitrogens is 2. The zero-order valence-electron chi connectivity index (χ0n) is 16.4. The van der Waals surface area contributed by atoms with Crippen LogP contribution in [0.15, 0.2) is 30.5 Å². The maximum absolute atomic E-state index is 11.5. The second-order valence-corrected chi connectivity index (χ2v) is 7.97. The standard InChI is InChI=1S/C20H21Cl2N5O3/c1-30-18-4-3-13(9-16(18)27(28)29)19-17(12-25-7-2-5-23-6-8-25)26-11-14(21)10-15(22)20(26)24-19/h3-4,9-11,23H,2,5-8,12H2,1H3. The number of pyridine rings is 1. The number of rotatable bonds is 5. The quantitative estimate of drug-likeness (QED) is 0.467. The minimum Gasteiger partial charge on any atom is -0.490 e. The molecular weight excluding hydrogens is 429 g/mol. The molecule has 0 amide bonds. The number of benzene rings is 1. The molecule has 0 unspecified atom stereocenters. The first-order chi connectivity index (χ1) is 14.5. The van der Waals surface area contributed by atoms with Gasteiger partial charge in [0, 0.05) is 37.5 Å². The van der Waals surface area contributed by atoms with E-state index in [4.69, 9.17) is 32.9 Å². The van der Waals surface area contributed by atoms with Crippen molar-refractivity contribution in [2.75, 3.05) is 33.3 Å². The second-order valence-electron chi connectivity index (χ2n) is 7.13. The van der Waals surface area contributed by atoms with Crippen LogP contribution in [0.2, 0.25) is 10.0 Å². The molecule has 0 saturated carbocycles. The smallest absolute Gasteiger partial charge is 0.311 e. The molecule has 2 aromatic heterocycles. The third-order valence-electron chi connectivity index (χ3n) is 5.20. The van der Waals surface area contributed by atoms with E-state index < -0.39 is 4.92 Å². The minimum atomic E-state index is -0.456. The number of nitrogens with zero attached hydrogens (tertiary/aromatic N) is 4. The highest BCUT2D eigenvalue weighted by Gasteiger charge is 2.23. The summed E-state index contributed by atoms with van der Waals surface area (Å²) in [7, 11) is 1.41. The van der Waals surface area contributed by atoms with E-state index in [0.29, 0.717) is 33.5 Å². The summed E-state index contributed by atoms with van der Waals surface area (Å²) in [4.78, 5) is 18.1. The normalized spacial score (nSPS) is 15.3. The fourth-order valence-electron chi connectivity index (χ4n) is 3.75. The molecule has 158 valence electrons. The van der Waals surface area contributed by atoms with Gasteiger partial charge in [0.15, 0.2) is 11.4 Å². The van der Waals surface area contributed by atoms with Crippen LogP contribution in [0.4, 0.5) is 5.69 Å². The van der Waals surface area contributed by atoms with Crippen molar-refractivity contribution in [1.29, 1.82) is 0 Å². The van der Waals surface area contributed by atoms with E-state index in [1.165, 1.54) is 13.2 Å². The van der Waals surface area contributed by atoms with Gasteiger partial charge in [-0.05, 0) is 37.7 Å². The van der Waals surface area contributed by atoms with Crippen molar-refractivity contribution in [3.8, 4) is 17.0 Å². The van der Waals surface area contributed by atoms with Crippen molar-refractivity contribution < 1.29 is 9.66 Å². The van der Waals surface area contributed by atoms with E-state index in [2.05, 4.69) is 10.2 Å². The fraction of sp³-hybridized carbons (Fsp3) is 0.350. The zero-order valence-corrected chi connectivity index (χ0v) is 17.9. The van der Waals surface area contributed by atoms with Crippen molar-refractivity contribution in [1.82, 2.24) is 19.6 Å². The van der Waals surface area contributed by atoms with Gasteiger partial charge in [-0.2, -0.15) is 0 Å². The van der Waals surface area contributed by atoms with Crippen LogP contribution < -0.4 is 10.1 Å². The Hall–Kier alpha value is -2.39. The van der Waals surface area contributed by atoms with Crippen molar-refractivity contribution in [2.45, 2.75) is 13.0 Å². The van der Waals surface area contributed by atoms with Crippen LogP contribution in [0.5, 0.6) is 5.75 Å². The summed E-state index contributed by atoms with van der Waals surface area (Å²) < 4.78 is 7.02. The average Bonchev–Trinajstić information content (AvgIpc) is 2.89. The highest BCUT2D eigenvalue weighted by atomic mass is 35.5. The SMILES string of the molecule is COc1ccc(-c2nc3c(Cl)cc(Cl)cn3c2CN2CCCNCC2)cc1[N+](=O)[O-]. The lowest BCUT2D eigenvalue weighted by Crippen LogP contribution is -2.28. The maximum Gasteiger partial charge on any atom is 0.311 e. The number of hydrogen-bond donors (Lipinski definition) is 1. The summed E-state index contributed by atoms with van der Waals surface area (Å²) in [5.41, 5.74) is 2.61. The van der Waals surface area contributed by atoms with E-state index in [1.54, 1.807) is 24.4 Å². The second kappa shape index (κ2) is 8.77. The number of fused-ring (bicyclic) bond motifs is 1. The molecule has 1 N–H and O–H groups in total. The van der Waals surface area contributed by atoms with Crippen LogP contribution in [-0.2, 0) is 6.54 Å². The summed E-state index contributed by atoms with van der Waals surface area (Å²) in [6.07, 6.45) is 2.82. The predicted molar refractivity (Wildman–Crippen MR) is 117 cm³/mol. The topological polar surface area (TPSA) is 84.9 Å². The van der Waals surface area contributed by atoms with Crippen LogP contribution in [0.25, 0.3) is 16.9 Å². The number of ether oxygens (including phenoxy) is 1. The Labute approximate surface area is 183 Å². The molecule has 10 heteroatoms. The molecule has 4 rings (SSSR count). The zero-order chi connectivity index (χ0) is 21.3. The lowest BCUT2D eigenvalue weighted by atomic mass is 10.1. The largest absolute Gasteiger partial charge is 0.490 e. The van der Waals surface area contributed by atoms with Crippen LogP contribution in [0, 0.1) is 10.1 Å². The molecule has 30 heavy (non-hydrogen) atoms. The van der Waals surface area contributed by atoms with Crippen LogP contribution >= 0.6 is 23.2 Å². The molecule has 3 aromatic rings. The summed E-state index contributed by atoms with van der Waals surface area (Å²) in [6.45, 7) is 4.34. The van der Waals surface area contributed by atoms with Gasteiger partial charge in [-0.3, -0.25) is 19.4 Å². The number of nitrogens with one attached hydrogen (secondary N) is 1. The van der Waals surface area contributed by atoms with Gasteiger partial charge >= 0.3 is 5.69 Å². The Balaban J connectivity index is 1.87. The number of nitro benzene ring substituents is 1. The highest BCUT2D eigenvalue weighted by molar-refractivity contribution is 6.36. The number of hydrogen-bond acceptors (Lipinski definition) is 6. The van der Waals surface area contributed by atoms with Crippen molar-refractivity contribution >= 4 is 34.5 Å². The molecule has 0 atom stereocenters. The monoisotopic (exact) mass is 449 g/mol. The van der Waals surface area contributed by atoms with Gasteiger partial charge in [-0.1, -0.05) is 23.2 Å². The maximum atomic E-state index is 11.5. The summed E-state index contributed by atoms with van der Waals surface area (Å²) >= 11 is 12.7. The number of imidazole rings is 1. The Kier molecular flexibility index (Phi) is 6.10. The lowest BCUT2D eigenvalue weighted by Gasteiger charge is -2.20. The molecule has 1 fully saturated rings. The molecule has 1 aromatic carbocycles. The van der Waals surface area contributed by atoms with Crippen molar-refractivity contribution in [2.24, 2.45) is 0 Å². The first kappa shape index (κ1) is 20.9. The third kappa shape index (κ3) is 4.09. The van der Waals surface area contributed by atoms with Gasteiger partial charge in [0.2, 0.25) is 0 Å². The van der Waals surface area contributed by atoms with E-state index in [-0.39, 0.29) is 11.4 Å². The highest BCUT2D eigenvalue weighted by Crippen LogP contribution is 2.35. The Morgan fingerprint density at radius 3 is 2.87 bits per heavy atom. The van der Waals surface area contributed by atoms with Crippen LogP contribution in [0.1, 0.15) is 12.1 Å². The third-order valence-corrected chi connectivity index (χ3v) is 5.68. The summed E-state index contributed by atoms with van der Waals surface area (Å²) in [5, 5.41) is 15.8. The molecular formula is C20H21Cl2N5O3. The molecule has 0 aliphatic carbocycles. The Morgan fingerprint density at radius 1 is 1.27 bits per heavy atom. The van der Waals surface area contributed by atoms with E-state index in [9.17, 15) is 10.1 Å². The summed E-state index contributed by atoms with van der Waals surface area (Å²) in [5.74, 6) is 0.203. The number of nitro groups is 1. The van der Waals surface area contributed by atoms with Gasteiger partial charge in [-0.25, -0.2) is 4.98 Å². The fourth-order valence-corrected chi connectivity index (χ4v) is 4.27. The number of halogens is 2. The van der Waals surface area contributed by atoms with Crippen molar-refractivity contribution in [3.05, 3.63) is 56.3 Å². The molecule has 1 aliphatic heterocycles. The van der Waals surface area contributed by atoms with Gasteiger partial charge in [0.1, 0.15) is 0 Å². The van der Waals surface area contributed by atoms with Crippen LogP contribution in [0.3, 0.4) is 0 Å². The lowest BCUT2D eigenvalue weighted by molar-refractivity contribution is -0.385. The van der Waals surface area contributed by atoms with E-state index in [0.717, 1.165) is 38.3 Å². The molecule has 0 radical (unpaired) electrons.